The van der Waals surface area contributed by atoms with Crippen molar-refractivity contribution >= 4 is 27.3 Å². The summed E-state index contributed by atoms with van der Waals surface area (Å²) in [6, 6.07) is 3.22. The Morgan fingerprint density at radius 2 is 2.00 bits per heavy atom. The number of halogens is 1. The molecule has 1 aromatic rings. The van der Waals surface area contributed by atoms with Crippen molar-refractivity contribution in [2.24, 2.45) is 5.92 Å². The largest absolute Gasteiger partial charge is 0.397 e. The van der Waals surface area contributed by atoms with Gasteiger partial charge in [0.2, 0.25) is 10.0 Å². The van der Waals surface area contributed by atoms with Crippen molar-refractivity contribution in [1.82, 2.24) is 4.31 Å². The molecule has 2 N–H and O–H groups in total. The van der Waals surface area contributed by atoms with E-state index in [1.54, 1.807) is 17.3 Å². The van der Waals surface area contributed by atoms with Crippen LogP contribution in [0.1, 0.15) is 38.7 Å². The van der Waals surface area contributed by atoms with Crippen LogP contribution in [-0.4, -0.2) is 25.3 Å². The van der Waals surface area contributed by atoms with Crippen LogP contribution in [0.2, 0.25) is 5.02 Å². The summed E-state index contributed by atoms with van der Waals surface area (Å²) in [5.74, 6) is 0.471. The van der Waals surface area contributed by atoms with E-state index >= 15 is 0 Å². The molecule has 4 nitrogen and oxygen atoms in total. The molecule has 6 heteroatoms. The Kier molecular flexibility index (Phi) is 4.85. The van der Waals surface area contributed by atoms with Crippen molar-refractivity contribution in [3.8, 4) is 0 Å². The first-order valence-corrected chi connectivity index (χ1v) is 9.12. The maximum Gasteiger partial charge on any atom is 0.243 e. The van der Waals surface area contributed by atoms with Gasteiger partial charge < -0.3 is 5.73 Å². The number of rotatable bonds is 6. The van der Waals surface area contributed by atoms with Crippen molar-refractivity contribution in [2.75, 3.05) is 12.3 Å². The fraction of sp³-hybridized carbons (Fsp3) is 0.600. The molecule has 0 saturated heterocycles. The quantitative estimate of drug-likeness (QED) is 0.813. The molecular weight excluding hydrogens is 308 g/mol. The molecule has 0 amide bonds. The third kappa shape index (κ3) is 3.71. The van der Waals surface area contributed by atoms with Crippen LogP contribution < -0.4 is 5.73 Å². The van der Waals surface area contributed by atoms with Crippen molar-refractivity contribution in [3.05, 3.63) is 22.7 Å². The van der Waals surface area contributed by atoms with Crippen LogP contribution in [0.3, 0.4) is 0 Å². The highest BCUT2D eigenvalue weighted by molar-refractivity contribution is 7.89. The van der Waals surface area contributed by atoms with E-state index in [0.717, 1.165) is 19.3 Å². The van der Waals surface area contributed by atoms with Crippen molar-refractivity contribution in [1.29, 1.82) is 0 Å². The van der Waals surface area contributed by atoms with E-state index in [2.05, 4.69) is 13.8 Å². The minimum absolute atomic E-state index is 0.144. The lowest BCUT2D eigenvalue weighted by Gasteiger charge is -2.23. The summed E-state index contributed by atoms with van der Waals surface area (Å²) >= 11 is 6.02. The highest BCUT2D eigenvalue weighted by Crippen LogP contribution is 2.34. The fourth-order valence-corrected chi connectivity index (χ4v) is 4.22. The van der Waals surface area contributed by atoms with Gasteiger partial charge in [-0.3, -0.25) is 0 Å². The average molecular weight is 331 g/mol. The van der Waals surface area contributed by atoms with Crippen LogP contribution in [0.15, 0.2) is 17.0 Å². The molecule has 1 fully saturated rings. The number of nitrogens with two attached hydrogens (primary N) is 1. The number of nitrogen functional groups attached to an aromatic ring is 1. The summed E-state index contributed by atoms with van der Waals surface area (Å²) in [5.41, 5.74) is 6.82. The second-order valence-corrected chi connectivity index (χ2v) is 8.44. The minimum Gasteiger partial charge on any atom is -0.397 e. The fourth-order valence-electron chi connectivity index (χ4n) is 2.29. The van der Waals surface area contributed by atoms with Crippen molar-refractivity contribution in [2.45, 2.75) is 51.0 Å². The van der Waals surface area contributed by atoms with Gasteiger partial charge in [-0.1, -0.05) is 25.4 Å². The molecule has 1 aromatic carbocycles. The lowest BCUT2D eigenvalue weighted by atomic mass is 10.1. The van der Waals surface area contributed by atoms with E-state index in [0.29, 0.717) is 28.7 Å². The first-order chi connectivity index (χ1) is 9.73. The Morgan fingerprint density at radius 1 is 1.38 bits per heavy atom. The molecule has 0 bridgehead atoms. The molecule has 2 rings (SSSR count). The molecule has 118 valence electrons. The molecular formula is C15H23ClN2O2S. The lowest BCUT2D eigenvalue weighted by Crippen LogP contribution is -2.34. The van der Waals surface area contributed by atoms with Crippen LogP contribution in [-0.2, 0) is 10.0 Å². The van der Waals surface area contributed by atoms with Gasteiger partial charge in [0.1, 0.15) is 0 Å². The summed E-state index contributed by atoms with van der Waals surface area (Å²) < 4.78 is 27.4. The molecule has 0 radical (unpaired) electrons. The number of hydrogen-bond donors (Lipinski definition) is 1. The van der Waals surface area contributed by atoms with E-state index < -0.39 is 10.0 Å². The topological polar surface area (TPSA) is 63.4 Å². The first kappa shape index (κ1) is 16.6. The zero-order valence-electron chi connectivity index (χ0n) is 12.8. The second-order valence-electron chi connectivity index (χ2n) is 6.17. The highest BCUT2D eigenvalue weighted by atomic mass is 35.5. The number of anilines is 1. The SMILES string of the molecule is Cc1cc(S(=O)(=O)N(CCC(C)C)C2CC2)cc(N)c1Cl. The summed E-state index contributed by atoms with van der Waals surface area (Å²) in [4.78, 5) is 0.248. The monoisotopic (exact) mass is 330 g/mol. The standard InChI is InChI=1S/C15H23ClN2O2S/c1-10(2)6-7-18(12-4-5-12)21(19,20)13-8-11(3)15(16)14(17)9-13/h8-10,12H,4-7,17H2,1-3H3. The third-order valence-electron chi connectivity index (χ3n) is 3.74. The third-order valence-corrected chi connectivity index (χ3v) is 6.19. The smallest absolute Gasteiger partial charge is 0.243 e. The average Bonchev–Trinajstić information content (AvgIpc) is 3.19. The van der Waals surface area contributed by atoms with Gasteiger partial charge in [0.15, 0.2) is 0 Å². The predicted octanol–water partition coefficient (Wildman–Crippen LogP) is 3.43. The second kappa shape index (κ2) is 6.15. The lowest BCUT2D eigenvalue weighted by molar-refractivity contribution is 0.373. The van der Waals surface area contributed by atoms with Crippen LogP contribution in [0, 0.1) is 12.8 Å². The van der Waals surface area contributed by atoms with Gasteiger partial charge in [-0.05, 0) is 49.8 Å². The van der Waals surface area contributed by atoms with Crippen molar-refractivity contribution in [3.63, 3.8) is 0 Å². The van der Waals surface area contributed by atoms with E-state index in [9.17, 15) is 8.42 Å². The normalized spacial score (nSPS) is 15.9. The molecule has 0 aromatic heterocycles. The molecule has 0 heterocycles. The number of sulfonamides is 1. The summed E-state index contributed by atoms with van der Waals surface area (Å²) in [6.45, 7) is 6.53. The Labute approximate surface area is 132 Å². The molecule has 1 saturated carbocycles. The molecule has 0 unspecified atom stereocenters. The van der Waals surface area contributed by atoms with Gasteiger partial charge in [-0.15, -0.1) is 0 Å². The van der Waals surface area contributed by atoms with Crippen LogP contribution in [0.25, 0.3) is 0 Å². The maximum atomic E-state index is 12.9. The van der Waals surface area contributed by atoms with Crippen LogP contribution >= 0.6 is 11.6 Å². The van der Waals surface area contributed by atoms with Crippen molar-refractivity contribution < 1.29 is 8.42 Å². The van der Waals surface area contributed by atoms with Crippen LogP contribution in [0.5, 0.6) is 0 Å². The Morgan fingerprint density at radius 3 is 2.48 bits per heavy atom. The molecule has 0 aliphatic heterocycles. The Bertz CT molecular complexity index is 602. The summed E-state index contributed by atoms with van der Waals surface area (Å²) in [6.07, 6.45) is 2.75. The summed E-state index contributed by atoms with van der Waals surface area (Å²) in [5, 5.41) is 0.425. The van der Waals surface area contributed by atoms with E-state index in [1.165, 1.54) is 6.07 Å². The van der Waals surface area contributed by atoms with Gasteiger partial charge in [0, 0.05) is 12.6 Å². The first-order valence-electron chi connectivity index (χ1n) is 7.31. The van der Waals surface area contributed by atoms with Gasteiger partial charge >= 0.3 is 0 Å². The zero-order chi connectivity index (χ0) is 15.8. The number of nitrogens with zero attached hydrogens (tertiary/aromatic N) is 1. The van der Waals surface area contributed by atoms with Gasteiger partial charge in [0.25, 0.3) is 0 Å². The molecule has 1 aliphatic rings. The number of benzene rings is 1. The molecule has 0 spiro atoms. The maximum absolute atomic E-state index is 12.9. The van der Waals surface area contributed by atoms with Gasteiger partial charge in [-0.2, -0.15) is 4.31 Å². The van der Waals surface area contributed by atoms with E-state index in [-0.39, 0.29) is 10.9 Å². The molecule has 0 atom stereocenters. The highest BCUT2D eigenvalue weighted by Gasteiger charge is 2.38. The molecule has 1 aliphatic carbocycles. The predicted molar refractivity (Wildman–Crippen MR) is 87.0 cm³/mol. The van der Waals surface area contributed by atoms with E-state index in [1.807, 2.05) is 0 Å². The number of aryl methyl sites for hydroxylation is 1. The Hall–Kier alpha value is -0.780. The summed E-state index contributed by atoms with van der Waals surface area (Å²) in [7, 11) is -3.50. The Balaban J connectivity index is 2.34. The van der Waals surface area contributed by atoms with Gasteiger partial charge in [0.05, 0.1) is 15.6 Å². The van der Waals surface area contributed by atoms with E-state index in [4.69, 9.17) is 17.3 Å². The minimum atomic E-state index is -3.50. The zero-order valence-corrected chi connectivity index (χ0v) is 14.3. The molecule has 21 heavy (non-hydrogen) atoms. The number of hydrogen-bond acceptors (Lipinski definition) is 3. The van der Waals surface area contributed by atoms with Gasteiger partial charge in [-0.25, -0.2) is 8.42 Å². The van der Waals surface area contributed by atoms with Crippen LogP contribution in [0.4, 0.5) is 5.69 Å².